The summed E-state index contributed by atoms with van der Waals surface area (Å²) in [5, 5.41) is 5.88. The maximum Gasteiger partial charge on any atom is 0.288 e. The van der Waals surface area contributed by atoms with Gasteiger partial charge in [0, 0.05) is 11.9 Å². The summed E-state index contributed by atoms with van der Waals surface area (Å²) in [5.41, 5.74) is 2.31. The number of anilines is 1. The Kier molecular flexibility index (Phi) is 3.25. The van der Waals surface area contributed by atoms with E-state index >= 15 is 0 Å². The Morgan fingerprint density at radius 2 is 1.95 bits per heavy atom. The molecule has 114 valence electrons. The molecule has 0 fully saturated rings. The summed E-state index contributed by atoms with van der Waals surface area (Å²) < 4.78 is 28.7. The van der Waals surface area contributed by atoms with Crippen molar-refractivity contribution in [3.05, 3.63) is 58.3 Å². The minimum atomic E-state index is -3.77. The molecule has 0 unspecified atom stereocenters. The van der Waals surface area contributed by atoms with Crippen molar-refractivity contribution in [3.63, 3.8) is 0 Å². The number of hydrogen-bond acceptors (Lipinski definition) is 4. The number of nitrogens with zero attached hydrogens (tertiary/aromatic N) is 2. The largest absolute Gasteiger partial charge is 0.300 e. The van der Waals surface area contributed by atoms with Gasteiger partial charge in [-0.15, -0.1) is 0 Å². The highest BCUT2D eigenvalue weighted by Crippen LogP contribution is 2.20. The van der Waals surface area contributed by atoms with Crippen LogP contribution in [0.3, 0.4) is 0 Å². The highest BCUT2D eigenvalue weighted by Gasteiger charge is 2.18. The Hall–Kier alpha value is -2.61. The van der Waals surface area contributed by atoms with E-state index in [1.165, 1.54) is 23.0 Å². The number of aryl methyl sites for hydroxylation is 2. The molecule has 2 N–H and O–H groups in total. The van der Waals surface area contributed by atoms with Crippen molar-refractivity contribution in [1.29, 1.82) is 0 Å². The van der Waals surface area contributed by atoms with Crippen LogP contribution >= 0.6 is 0 Å². The highest BCUT2D eigenvalue weighted by atomic mass is 32.2. The Balaban J connectivity index is 2.02. The molecule has 1 aromatic carbocycles. The van der Waals surface area contributed by atoms with Gasteiger partial charge in [0.1, 0.15) is 16.7 Å². The van der Waals surface area contributed by atoms with Crippen LogP contribution in [0, 0.1) is 13.8 Å². The number of aromatic nitrogens is 3. The van der Waals surface area contributed by atoms with Crippen molar-refractivity contribution in [2.75, 3.05) is 4.72 Å². The van der Waals surface area contributed by atoms with Crippen LogP contribution in [-0.4, -0.2) is 23.0 Å². The summed E-state index contributed by atoms with van der Waals surface area (Å²) >= 11 is 0. The fraction of sp³-hybridized carbons (Fsp3) is 0.143. The molecule has 0 saturated heterocycles. The van der Waals surface area contributed by atoms with E-state index in [1.54, 1.807) is 12.1 Å². The SMILES string of the molecule is Cc1ccc(NS(=O)(=O)c2cc3c(=O)[nH]ncn3c2)cc1C. The molecule has 2 aromatic heterocycles. The van der Waals surface area contributed by atoms with Crippen LogP contribution in [0.5, 0.6) is 0 Å². The molecule has 0 amide bonds. The Labute approximate surface area is 126 Å². The molecule has 0 saturated carbocycles. The average molecular weight is 318 g/mol. The molecule has 0 atom stereocenters. The Morgan fingerprint density at radius 1 is 1.18 bits per heavy atom. The van der Waals surface area contributed by atoms with Crippen molar-refractivity contribution < 1.29 is 8.42 Å². The number of H-pyrrole nitrogens is 1. The van der Waals surface area contributed by atoms with Crippen molar-refractivity contribution in [3.8, 4) is 0 Å². The van der Waals surface area contributed by atoms with Crippen molar-refractivity contribution in [2.45, 2.75) is 18.7 Å². The van der Waals surface area contributed by atoms with Crippen LogP contribution in [0.2, 0.25) is 0 Å². The molecular weight excluding hydrogens is 304 g/mol. The molecule has 3 rings (SSSR count). The molecule has 2 heterocycles. The van der Waals surface area contributed by atoms with Crippen molar-refractivity contribution >= 4 is 21.2 Å². The first kappa shape index (κ1) is 14.3. The van der Waals surface area contributed by atoms with E-state index in [-0.39, 0.29) is 10.4 Å². The molecule has 0 radical (unpaired) electrons. The molecule has 0 aliphatic rings. The van der Waals surface area contributed by atoms with E-state index in [4.69, 9.17) is 0 Å². The van der Waals surface area contributed by atoms with Crippen LogP contribution in [0.15, 0.2) is 46.5 Å². The van der Waals surface area contributed by atoms with Crippen LogP contribution in [-0.2, 0) is 10.0 Å². The maximum atomic E-state index is 12.4. The van der Waals surface area contributed by atoms with Gasteiger partial charge < -0.3 is 0 Å². The van der Waals surface area contributed by atoms with Gasteiger partial charge in [-0.1, -0.05) is 6.07 Å². The van der Waals surface area contributed by atoms with Gasteiger partial charge in [-0.25, -0.2) is 13.5 Å². The maximum absolute atomic E-state index is 12.4. The predicted octanol–water partition coefficient (Wildman–Crippen LogP) is 1.44. The Bertz CT molecular complexity index is 1020. The van der Waals surface area contributed by atoms with Gasteiger partial charge in [-0.3, -0.25) is 13.9 Å². The lowest BCUT2D eigenvalue weighted by Crippen LogP contribution is -2.12. The smallest absolute Gasteiger partial charge is 0.288 e. The molecule has 3 aromatic rings. The minimum Gasteiger partial charge on any atom is -0.300 e. The van der Waals surface area contributed by atoms with E-state index in [1.807, 2.05) is 19.9 Å². The van der Waals surface area contributed by atoms with Gasteiger partial charge in [0.2, 0.25) is 0 Å². The third kappa shape index (κ3) is 2.48. The standard InChI is InChI=1S/C14H14N4O3S/c1-9-3-4-11(5-10(9)2)17-22(20,21)12-6-13-14(19)16-15-8-18(13)7-12/h3-8,17H,1-2H3,(H,16,19). The van der Waals surface area contributed by atoms with Crippen molar-refractivity contribution in [2.24, 2.45) is 0 Å². The molecule has 0 spiro atoms. The van der Waals surface area contributed by atoms with Gasteiger partial charge in [-0.2, -0.15) is 5.10 Å². The lowest BCUT2D eigenvalue weighted by Gasteiger charge is -2.08. The van der Waals surface area contributed by atoms with Gasteiger partial charge in [0.25, 0.3) is 15.6 Å². The lowest BCUT2D eigenvalue weighted by molar-refractivity contribution is 0.601. The molecule has 0 bridgehead atoms. The van der Waals surface area contributed by atoms with Crippen LogP contribution in [0.4, 0.5) is 5.69 Å². The lowest BCUT2D eigenvalue weighted by atomic mass is 10.1. The monoisotopic (exact) mass is 318 g/mol. The first-order valence-electron chi connectivity index (χ1n) is 6.52. The zero-order chi connectivity index (χ0) is 15.9. The van der Waals surface area contributed by atoms with Gasteiger partial charge in [0.05, 0.1) is 0 Å². The van der Waals surface area contributed by atoms with E-state index < -0.39 is 15.6 Å². The quantitative estimate of drug-likeness (QED) is 0.763. The van der Waals surface area contributed by atoms with Gasteiger partial charge in [0.15, 0.2) is 0 Å². The molecule has 0 aliphatic carbocycles. The minimum absolute atomic E-state index is 0.00391. The van der Waals surface area contributed by atoms with E-state index in [9.17, 15) is 13.2 Å². The number of rotatable bonds is 3. The third-order valence-electron chi connectivity index (χ3n) is 3.47. The first-order valence-corrected chi connectivity index (χ1v) is 8.00. The number of benzene rings is 1. The van der Waals surface area contributed by atoms with Crippen LogP contribution in [0.25, 0.3) is 5.52 Å². The number of nitrogens with one attached hydrogen (secondary N) is 2. The summed E-state index contributed by atoms with van der Waals surface area (Å²) in [6.45, 7) is 3.86. The summed E-state index contributed by atoms with van der Waals surface area (Å²) in [6, 6.07) is 6.61. The summed E-state index contributed by atoms with van der Waals surface area (Å²) in [4.78, 5) is 11.6. The number of sulfonamides is 1. The Morgan fingerprint density at radius 3 is 2.64 bits per heavy atom. The van der Waals surface area contributed by atoms with E-state index in [0.29, 0.717) is 5.69 Å². The normalized spacial score (nSPS) is 11.7. The van der Waals surface area contributed by atoms with E-state index in [0.717, 1.165) is 11.1 Å². The third-order valence-corrected chi connectivity index (χ3v) is 4.82. The fourth-order valence-electron chi connectivity index (χ4n) is 2.10. The number of hydrogen-bond donors (Lipinski definition) is 2. The molecule has 8 heteroatoms. The first-order chi connectivity index (χ1) is 10.4. The second-order valence-corrected chi connectivity index (χ2v) is 6.74. The van der Waals surface area contributed by atoms with Crippen molar-refractivity contribution in [1.82, 2.24) is 14.6 Å². The topological polar surface area (TPSA) is 96.3 Å². The summed E-state index contributed by atoms with van der Waals surface area (Å²) in [6.07, 6.45) is 2.69. The average Bonchev–Trinajstić information content (AvgIpc) is 2.89. The van der Waals surface area contributed by atoms with Crippen LogP contribution < -0.4 is 10.3 Å². The van der Waals surface area contributed by atoms with Gasteiger partial charge in [-0.05, 0) is 43.2 Å². The number of fused-ring (bicyclic) bond motifs is 1. The molecule has 22 heavy (non-hydrogen) atoms. The summed E-state index contributed by atoms with van der Waals surface area (Å²) in [5.74, 6) is 0. The molecule has 7 nitrogen and oxygen atoms in total. The predicted molar refractivity (Wildman–Crippen MR) is 82.5 cm³/mol. The molecular formula is C14H14N4O3S. The second kappa shape index (κ2) is 4.99. The zero-order valence-electron chi connectivity index (χ0n) is 12.0. The zero-order valence-corrected chi connectivity index (χ0v) is 12.8. The summed E-state index contributed by atoms with van der Waals surface area (Å²) in [7, 11) is -3.77. The molecule has 0 aliphatic heterocycles. The fourth-order valence-corrected chi connectivity index (χ4v) is 3.18. The van der Waals surface area contributed by atoms with Crippen LogP contribution in [0.1, 0.15) is 11.1 Å². The van der Waals surface area contributed by atoms with Gasteiger partial charge >= 0.3 is 0 Å². The highest BCUT2D eigenvalue weighted by molar-refractivity contribution is 7.92. The number of aromatic amines is 1. The van der Waals surface area contributed by atoms with E-state index in [2.05, 4.69) is 14.9 Å². The second-order valence-electron chi connectivity index (χ2n) is 5.06.